The second-order valence-corrected chi connectivity index (χ2v) is 7.37. The Labute approximate surface area is 143 Å². The first kappa shape index (κ1) is 16.1. The van der Waals surface area contributed by atoms with Crippen LogP contribution < -0.4 is 5.32 Å². The van der Waals surface area contributed by atoms with Crippen molar-refractivity contribution in [1.82, 2.24) is 20.2 Å². The van der Waals surface area contributed by atoms with Gasteiger partial charge in [0.1, 0.15) is 5.65 Å². The molecule has 4 rings (SSSR count). The van der Waals surface area contributed by atoms with E-state index in [4.69, 9.17) is 0 Å². The predicted molar refractivity (Wildman–Crippen MR) is 96.0 cm³/mol. The summed E-state index contributed by atoms with van der Waals surface area (Å²) in [6.45, 7) is 5.63. The number of aromatic nitrogens is 2. The highest BCUT2D eigenvalue weighted by atomic mass is 16.3. The van der Waals surface area contributed by atoms with E-state index in [1.807, 2.05) is 12.3 Å². The molecular formula is C19H28N4O. The minimum atomic E-state index is 0.313. The molecule has 1 atom stereocenters. The lowest BCUT2D eigenvalue weighted by Crippen LogP contribution is -2.36. The van der Waals surface area contributed by atoms with Crippen LogP contribution in [0.15, 0.2) is 18.3 Å². The van der Waals surface area contributed by atoms with Crippen LogP contribution in [0.5, 0.6) is 0 Å². The third-order valence-corrected chi connectivity index (χ3v) is 5.70. The summed E-state index contributed by atoms with van der Waals surface area (Å²) in [4.78, 5) is 10.7. The van der Waals surface area contributed by atoms with Crippen molar-refractivity contribution in [2.45, 2.75) is 38.1 Å². The Balaban J connectivity index is 1.64. The molecule has 0 aromatic carbocycles. The Morgan fingerprint density at radius 3 is 2.96 bits per heavy atom. The number of rotatable bonds is 4. The molecule has 2 aromatic heterocycles. The van der Waals surface area contributed by atoms with Crippen LogP contribution in [-0.4, -0.2) is 52.8 Å². The van der Waals surface area contributed by atoms with Crippen LogP contribution >= 0.6 is 0 Å². The first-order valence-electron chi connectivity index (χ1n) is 9.34. The van der Waals surface area contributed by atoms with E-state index in [9.17, 15) is 5.11 Å². The maximum atomic E-state index is 9.52. The molecule has 0 radical (unpaired) electrons. The summed E-state index contributed by atoms with van der Waals surface area (Å²) in [5, 5.41) is 14.3. The van der Waals surface area contributed by atoms with Gasteiger partial charge >= 0.3 is 0 Å². The Kier molecular flexibility index (Phi) is 4.83. The van der Waals surface area contributed by atoms with E-state index in [0.29, 0.717) is 18.4 Å². The topological polar surface area (TPSA) is 64.2 Å². The number of nitrogens with one attached hydrogen (secondary N) is 2. The first-order valence-corrected chi connectivity index (χ1v) is 9.34. The molecule has 2 fully saturated rings. The van der Waals surface area contributed by atoms with Gasteiger partial charge in [0.05, 0.1) is 0 Å². The Morgan fingerprint density at radius 2 is 2.12 bits per heavy atom. The molecule has 0 bridgehead atoms. The number of piperidine rings is 2. The summed E-state index contributed by atoms with van der Waals surface area (Å²) < 4.78 is 0. The van der Waals surface area contributed by atoms with Crippen molar-refractivity contribution in [3.8, 4) is 0 Å². The molecule has 0 spiro atoms. The third kappa shape index (κ3) is 3.21. The van der Waals surface area contributed by atoms with Gasteiger partial charge in [-0.25, -0.2) is 4.98 Å². The van der Waals surface area contributed by atoms with Gasteiger partial charge in [0.25, 0.3) is 0 Å². The van der Waals surface area contributed by atoms with Crippen LogP contribution in [0.1, 0.15) is 42.9 Å². The normalized spacial score (nSPS) is 23.8. The van der Waals surface area contributed by atoms with Gasteiger partial charge < -0.3 is 15.4 Å². The van der Waals surface area contributed by atoms with Crippen LogP contribution in [0.25, 0.3) is 11.0 Å². The molecule has 0 aliphatic carbocycles. The number of likely N-dealkylation sites (tertiary alicyclic amines) is 1. The number of fused-ring (bicyclic) bond motifs is 1. The van der Waals surface area contributed by atoms with Gasteiger partial charge in [0.15, 0.2) is 0 Å². The predicted octanol–water partition coefficient (Wildman–Crippen LogP) is 2.23. The summed E-state index contributed by atoms with van der Waals surface area (Å²) in [6, 6.07) is 4.24. The first-order chi connectivity index (χ1) is 11.8. The zero-order valence-corrected chi connectivity index (χ0v) is 14.3. The number of nitrogens with zero attached hydrogens (tertiary/aromatic N) is 2. The lowest BCUT2D eigenvalue weighted by molar-refractivity contribution is 0.116. The molecule has 130 valence electrons. The molecule has 2 aliphatic heterocycles. The number of H-pyrrole nitrogens is 1. The van der Waals surface area contributed by atoms with Crippen molar-refractivity contribution >= 4 is 11.0 Å². The quantitative estimate of drug-likeness (QED) is 0.805. The highest BCUT2D eigenvalue weighted by Crippen LogP contribution is 2.33. The Hall–Kier alpha value is -1.43. The van der Waals surface area contributed by atoms with Crippen molar-refractivity contribution in [2.24, 2.45) is 5.92 Å². The fourth-order valence-electron chi connectivity index (χ4n) is 4.39. The fraction of sp³-hybridized carbons (Fsp3) is 0.632. The zero-order valence-electron chi connectivity index (χ0n) is 14.3. The minimum absolute atomic E-state index is 0.313. The van der Waals surface area contributed by atoms with Gasteiger partial charge in [-0.2, -0.15) is 0 Å². The summed E-state index contributed by atoms with van der Waals surface area (Å²) in [6.07, 6.45) is 6.60. The van der Waals surface area contributed by atoms with Crippen LogP contribution in [0.3, 0.4) is 0 Å². The molecule has 5 heteroatoms. The largest absolute Gasteiger partial charge is 0.396 e. The third-order valence-electron chi connectivity index (χ3n) is 5.70. The van der Waals surface area contributed by atoms with Gasteiger partial charge in [-0.05, 0) is 68.9 Å². The van der Waals surface area contributed by atoms with Gasteiger partial charge in [0.2, 0.25) is 0 Å². The van der Waals surface area contributed by atoms with Crippen molar-refractivity contribution in [1.29, 1.82) is 0 Å². The molecule has 3 N–H and O–H groups in total. The summed E-state index contributed by atoms with van der Waals surface area (Å²) in [5.74, 6) is 1.04. The zero-order chi connectivity index (χ0) is 16.4. The standard InChI is InChI=1S/C19H28N4O/c24-13-14-3-2-10-23(11-14)12-17-16-4-1-7-21-19(16)22-18(17)15-5-8-20-9-6-15/h1,4,7,14-15,20,24H,2-3,5-6,8-13H2,(H,21,22)/t14-/m0/s1. The smallest absolute Gasteiger partial charge is 0.137 e. The van der Waals surface area contributed by atoms with E-state index in [-0.39, 0.29) is 0 Å². The number of pyridine rings is 1. The second-order valence-electron chi connectivity index (χ2n) is 7.37. The highest BCUT2D eigenvalue weighted by Gasteiger charge is 2.25. The van der Waals surface area contributed by atoms with Crippen molar-refractivity contribution in [3.05, 3.63) is 29.6 Å². The van der Waals surface area contributed by atoms with Crippen LogP contribution in [0.2, 0.25) is 0 Å². The van der Waals surface area contributed by atoms with Crippen LogP contribution in [0.4, 0.5) is 0 Å². The lowest BCUT2D eigenvalue weighted by Gasteiger charge is -2.32. The SMILES string of the molecule is OC[C@H]1CCCN(Cc2c(C3CCNCC3)[nH]c3ncccc23)C1. The van der Waals surface area contributed by atoms with E-state index in [0.717, 1.165) is 44.8 Å². The van der Waals surface area contributed by atoms with E-state index in [2.05, 4.69) is 26.3 Å². The molecule has 5 nitrogen and oxygen atoms in total. The summed E-state index contributed by atoms with van der Waals surface area (Å²) in [5.41, 5.74) is 3.86. The van der Waals surface area contributed by atoms with Gasteiger partial charge in [0, 0.05) is 42.9 Å². The second kappa shape index (κ2) is 7.21. The van der Waals surface area contributed by atoms with E-state index >= 15 is 0 Å². The van der Waals surface area contributed by atoms with Crippen LogP contribution in [0, 0.1) is 5.92 Å². The van der Waals surface area contributed by atoms with Gasteiger partial charge in [-0.3, -0.25) is 4.90 Å². The maximum Gasteiger partial charge on any atom is 0.137 e. The molecule has 2 saturated heterocycles. The Bertz CT molecular complexity index is 677. The molecular weight excluding hydrogens is 300 g/mol. The number of aliphatic hydroxyl groups is 1. The molecule has 2 aromatic rings. The number of hydrogen-bond acceptors (Lipinski definition) is 4. The minimum Gasteiger partial charge on any atom is -0.396 e. The Morgan fingerprint density at radius 1 is 1.25 bits per heavy atom. The average Bonchev–Trinajstić information content (AvgIpc) is 3.01. The molecule has 0 amide bonds. The maximum absolute atomic E-state index is 9.52. The monoisotopic (exact) mass is 328 g/mol. The van der Waals surface area contributed by atoms with Crippen LogP contribution in [-0.2, 0) is 6.54 Å². The molecule has 24 heavy (non-hydrogen) atoms. The van der Waals surface area contributed by atoms with Crippen molar-refractivity contribution in [3.63, 3.8) is 0 Å². The molecule has 4 heterocycles. The van der Waals surface area contributed by atoms with E-state index < -0.39 is 0 Å². The summed E-state index contributed by atoms with van der Waals surface area (Å²) >= 11 is 0. The average molecular weight is 328 g/mol. The highest BCUT2D eigenvalue weighted by molar-refractivity contribution is 5.81. The fourth-order valence-corrected chi connectivity index (χ4v) is 4.39. The van der Waals surface area contributed by atoms with Gasteiger partial charge in [-0.1, -0.05) is 0 Å². The summed E-state index contributed by atoms with van der Waals surface area (Å²) in [7, 11) is 0. The lowest BCUT2D eigenvalue weighted by atomic mass is 9.91. The molecule has 0 unspecified atom stereocenters. The van der Waals surface area contributed by atoms with Crippen molar-refractivity contribution in [2.75, 3.05) is 32.8 Å². The molecule has 2 aliphatic rings. The van der Waals surface area contributed by atoms with Gasteiger partial charge in [-0.15, -0.1) is 0 Å². The van der Waals surface area contributed by atoms with Crippen molar-refractivity contribution < 1.29 is 5.11 Å². The number of aliphatic hydroxyl groups excluding tert-OH is 1. The van der Waals surface area contributed by atoms with E-state index in [1.165, 1.54) is 35.9 Å². The van der Waals surface area contributed by atoms with E-state index in [1.54, 1.807) is 0 Å². The number of hydrogen-bond donors (Lipinski definition) is 3. The molecule has 0 saturated carbocycles. The number of aromatic amines is 1.